The van der Waals surface area contributed by atoms with E-state index in [1.807, 2.05) is 0 Å². The van der Waals surface area contributed by atoms with Crippen molar-refractivity contribution in [3.8, 4) is 0 Å². The van der Waals surface area contributed by atoms with Crippen molar-refractivity contribution in [3.63, 3.8) is 0 Å². The van der Waals surface area contributed by atoms with Crippen LogP contribution < -0.4 is 0 Å². The topological polar surface area (TPSA) is 154 Å². The van der Waals surface area contributed by atoms with Gasteiger partial charge in [-0.05, 0) is 50.7 Å². The molecule has 3 rings (SSSR count). The molecule has 2 fully saturated rings. The summed E-state index contributed by atoms with van der Waals surface area (Å²) in [6.45, 7) is 11.1. The molecule has 2 aliphatic rings. The molecule has 0 heterocycles. The van der Waals surface area contributed by atoms with Crippen molar-refractivity contribution < 1.29 is 48.4 Å². The van der Waals surface area contributed by atoms with Gasteiger partial charge in [-0.25, -0.2) is 4.79 Å². The van der Waals surface area contributed by atoms with Crippen LogP contribution in [0.2, 0.25) is 0 Å². The Labute approximate surface area is 233 Å². The fourth-order valence-corrected chi connectivity index (χ4v) is 7.15. The lowest BCUT2D eigenvalue weighted by Crippen LogP contribution is -2.75. The molecule has 0 unspecified atom stereocenters. The lowest BCUT2D eigenvalue weighted by atomic mass is 9.42. The fraction of sp³-hybridized carbons (Fsp3) is 0.567. The molecule has 1 aromatic rings. The molecule has 0 spiro atoms. The van der Waals surface area contributed by atoms with Gasteiger partial charge in [-0.2, -0.15) is 0 Å². The summed E-state index contributed by atoms with van der Waals surface area (Å²) in [5.41, 5.74) is -6.55. The number of hydrogen-bond acceptors (Lipinski definition) is 9. The number of carbonyl (C=O) groups excluding carboxylic acids is 4. The Hall–Kier alpha value is -3.53. The highest BCUT2D eigenvalue weighted by Crippen LogP contribution is 2.63. The molecule has 2 saturated carbocycles. The summed E-state index contributed by atoms with van der Waals surface area (Å²) in [5, 5.41) is 22.5. The number of esters is 3. The van der Waals surface area contributed by atoms with Gasteiger partial charge in [0.1, 0.15) is 12.2 Å². The first-order valence-corrected chi connectivity index (χ1v) is 13.1. The summed E-state index contributed by atoms with van der Waals surface area (Å²) in [6, 6.07) is 8.09. The minimum Gasteiger partial charge on any atom is -0.481 e. The van der Waals surface area contributed by atoms with E-state index in [2.05, 4.69) is 6.58 Å². The number of hydrogen-bond donors (Lipinski definition) is 2. The summed E-state index contributed by atoms with van der Waals surface area (Å²) < 4.78 is 16.6. The van der Waals surface area contributed by atoms with E-state index < -0.39 is 82.0 Å². The SMILES string of the molecule is C=C[C@]1(C)C[C@@H](OC(=O)c2ccccc2)[C@@H]2[C@@](C)(CC(=O)O)[C@H](C(C)(C)C(=O)OC)C[C@H](OC(C)=O)[C@@]2(O)C1=O. The molecular weight excluding hydrogens is 520 g/mol. The second-order valence-corrected chi connectivity index (χ2v) is 11.9. The highest BCUT2D eigenvalue weighted by molar-refractivity contribution is 5.97. The molecule has 2 N–H and O–H groups in total. The van der Waals surface area contributed by atoms with E-state index in [0.717, 1.165) is 6.92 Å². The number of ketones is 1. The van der Waals surface area contributed by atoms with Gasteiger partial charge >= 0.3 is 23.9 Å². The van der Waals surface area contributed by atoms with Gasteiger partial charge < -0.3 is 24.4 Å². The number of fused-ring (bicyclic) bond motifs is 1. The number of carboxylic acid groups (broad SMARTS) is 1. The maximum absolute atomic E-state index is 14.2. The minimum atomic E-state index is -2.47. The molecule has 10 heteroatoms. The van der Waals surface area contributed by atoms with E-state index in [9.17, 15) is 34.2 Å². The van der Waals surface area contributed by atoms with Gasteiger partial charge in [0.05, 0.1) is 29.9 Å². The van der Waals surface area contributed by atoms with Crippen molar-refractivity contribution >= 4 is 29.7 Å². The van der Waals surface area contributed by atoms with Crippen molar-refractivity contribution in [1.82, 2.24) is 0 Å². The number of aliphatic carboxylic acids is 1. The molecule has 0 radical (unpaired) electrons. The zero-order chi connectivity index (χ0) is 30.3. The van der Waals surface area contributed by atoms with E-state index in [1.165, 1.54) is 32.2 Å². The summed E-state index contributed by atoms with van der Waals surface area (Å²) >= 11 is 0. The number of allylic oxidation sites excluding steroid dienone is 1. The lowest BCUT2D eigenvalue weighted by molar-refractivity contribution is -0.257. The van der Waals surface area contributed by atoms with Gasteiger partial charge in [0, 0.05) is 19.3 Å². The number of rotatable bonds is 8. The summed E-state index contributed by atoms with van der Waals surface area (Å²) in [7, 11) is 1.20. The predicted molar refractivity (Wildman–Crippen MR) is 142 cm³/mol. The van der Waals surface area contributed by atoms with Crippen LogP contribution in [0.15, 0.2) is 43.0 Å². The van der Waals surface area contributed by atoms with Crippen LogP contribution in [0.4, 0.5) is 0 Å². The number of aliphatic hydroxyl groups is 1. The molecular formula is C30H38O10. The third-order valence-corrected chi connectivity index (χ3v) is 8.94. The Morgan fingerprint density at radius 3 is 2.23 bits per heavy atom. The van der Waals surface area contributed by atoms with Crippen molar-refractivity contribution in [1.29, 1.82) is 0 Å². The Morgan fingerprint density at radius 2 is 1.73 bits per heavy atom. The molecule has 0 aromatic heterocycles. The molecule has 0 saturated heterocycles. The van der Waals surface area contributed by atoms with Gasteiger partial charge in [-0.15, -0.1) is 6.58 Å². The molecule has 0 amide bonds. The standard InChI is InChI=1S/C30H38O10/c1-8-28(5)15-19(40-24(34)18-12-10-9-11-13-18)23-29(6,16-22(32)33)20(27(3,4)26(36)38-7)14-21(39-17(2)31)30(23,37)25(28)35/h8-13,19-21,23,37H,1,14-16H2,2-7H3,(H,32,33)/t19-,20+,21+,23-,28-,29+,30+/m1/s1. The Balaban J connectivity index is 2.33. The Morgan fingerprint density at radius 1 is 1.12 bits per heavy atom. The van der Waals surface area contributed by atoms with Crippen molar-refractivity contribution in [3.05, 3.63) is 48.6 Å². The maximum atomic E-state index is 14.2. The van der Waals surface area contributed by atoms with Gasteiger partial charge in [-0.3, -0.25) is 19.2 Å². The van der Waals surface area contributed by atoms with Crippen LogP contribution in [-0.2, 0) is 33.4 Å². The molecule has 0 aliphatic heterocycles. The highest BCUT2D eigenvalue weighted by Gasteiger charge is 2.74. The van der Waals surface area contributed by atoms with Crippen LogP contribution in [0, 0.1) is 28.1 Å². The summed E-state index contributed by atoms with van der Waals surface area (Å²) in [6.07, 6.45) is -2.29. The summed E-state index contributed by atoms with van der Waals surface area (Å²) in [4.78, 5) is 65.1. The average molecular weight is 559 g/mol. The van der Waals surface area contributed by atoms with E-state index in [-0.39, 0.29) is 18.4 Å². The second-order valence-electron chi connectivity index (χ2n) is 11.9. The van der Waals surface area contributed by atoms with Gasteiger partial charge in [0.15, 0.2) is 11.4 Å². The first kappa shape index (κ1) is 31.0. The quantitative estimate of drug-likeness (QED) is 0.276. The third kappa shape index (κ3) is 5.05. The normalized spacial score (nSPS) is 33.7. The predicted octanol–water partition coefficient (Wildman–Crippen LogP) is 3.36. The minimum absolute atomic E-state index is 0.117. The number of benzene rings is 1. The van der Waals surface area contributed by atoms with E-state index in [4.69, 9.17) is 14.2 Å². The van der Waals surface area contributed by atoms with Crippen LogP contribution in [0.3, 0.4) is 0 Å². The highest BCUT2D eigenvalue weighted by atomic mass is 16.6. The molecule has 40 heavy (non-hydrogen) atoms. The molecule has 218 valence electrons. The van der Waals surface area contributed by atoms with Crippen LogP contribution in [0.5, 0.6) is 0 Å². The largest absolute Gasteiger partial charge is 0.481 e. The van der Waals surface area contributed by atoms with Crippen LogP contribution in [0.25, 0.3) is 0 Å². The van der Waals surface area contributed by atoms with Crippen LogP contribution in [-0.4, -0.2) is 64.8 Å². The first-order chi connectivity index (χ1) is 18.5. The number of methoxy groups -OCH3 is 1. The molecule has 7 atom stereocenters. The van der Waals surface area contributed by atoms with E-state index in [0.29, 0.717) is 0 Å². The smallest absolute Gasteiger partial charge is 0.338 e. The number of Topliss-reactive ketones (excluding diaryl/α,β-unsaturated/α-hetero) is 1. The second kappa shape index (κ2) is 10.8. The zero-order valence-electron chi connectivity index (χ0n) is 23.8. The van der Waals surface area contributed by atoms with Crippen molar-refractivity contribution in [2.75, 3.05) is 7.11 Å². The van der Waals surface area contributed by atoms with Crippen LogP contribution in [0.1, 0.15) is 64.2 Å². The molecule has 10 nitrogen and oxygen atoms in total. The Kier molecular flexibility index (Phi) is 8.37. The zero-order valence-corrected chi connectivity index (χ0v) is 23.8. The average Bonchev–Trinajstić information content (AvgIpc) is 2.88. The molecule has 0 bridgehead atoms. The third-order valence-electron chi connectivity index (χ3n) is 8.94. The van der Waals surface area contributed by atoms with Crippen LogP contribution >= 0.6 is 0 Å². The number of ether oxygens (including phenoxy) is 3. The van der Waals surface area contributed by atoms with Gasteiger partial charge in [0.25, 0.3) is 0 Å². The first-order valence-electron chi connectivity index (χ1n) is 13.1. The number of carbonyl (C=O) groups is 5. The maximum Gasteiger partial charge on any atom is 0.338 e. The van der Waals surface area contributed by atoms with Gasteiger partial charge in [0.2, 0.25) is 0 Å². The van der Waals surface area contributed by atoms with Gasteiger partial charge in [-0.1, -0.05) is 31.2 Å². The molecule has 2 aliphatic carbocycles. The summed E-state index contributed by atoms with van der Waals surface area (Å²) in [5.74, 6) is -6.44. The van der Waals surface area contributed by atoms with E-state index >= 15 is 0 Å². The van der Waals surface area contributed by atoms with Crippen molar-refractivity contribution in [2.24, 2.45) is 28.1 Å². The monoisotopic (exact) mass is 558 g/mol. The number of carboxylic acids is 1. The fourth-order valence-electron chi connectivity index (χ4n) is 7.15. The van der Waals surface area contributed by atoms with E-state index in [1.54, 1.807) is 39.0 Å². The Bertz CT molecular complexity index is 1210. The lowest BCUT2D eigenvalue weighted by Gasteiger charge is -2.63. The molecule has 1 aromatic carbocycles. The van der Waals surface area contributed by atoms with Crippen molar-refractivity contribution in [2.45, 2.75) is 71.7 Å².